The average molecular weight is 275 g/mol. The Bertz CT molecular complexity index is 592. The van der Waals surface area contributed by atoms with Crippen LogP contribution in [0, 0.1) is 33.5 Å². The summed E-state index contributed by atoms with van der Waals surface area (Å²) < 4.78 is 19.1. The summed E-state index contributed by atoms with van der Waals surface area (Å²) in [6.07, 6.45) is 0. The van der Waals surface area contributed by atoms with Crippen molar-refractivity contribution >= 4 is 0 Å². The highest BCUT2D eigenvalue weighted by Gasteiger charge is 2.12. The molecule has 20 heavy (non-hydrogen) atoms. The molecular weight excluding hydrogens is 253 g/mol. The molecule has 0 aliphatic heterocycles. The molecule has 0 fully saturated rings. The van der Waals surface area contributed by atoms with Gasteiger partial charge in [0.1, 0.15) is 17.3 Å². The van der Waals surface area contributed by atoms with Crippen LogP contribution in [0.2, 0.25) is 0 Å². The van der Waals surface area contributed by atoms with Crippen LogP contribution in [0.25, 0.3) is 0 Å². The number of aryl methyl sites for hydroxylation is 4. The molecule has 0 aliphatic rings. The number of hydrogen-bond donors (Lipinski definition) is 1. The first-order valence-electron chi connectivity index (χ1n) is 6.94. The van der Waals surface area contributed by atoms with Gasteiger partial charge in [0.15, 0.2) is 0 Å². The summed E-state index contributed by atoms with van der Waals surface area (Å²) in [5.41, 5.74) is 3.68. The molecular formula is C17H22FNO. The smallest absolute Gasteiger partial charge is 0.129 e. The first-order chi connectivity index (χ1) is 9.38. The summed E-state index contributed by atoms with van der Waals surface area (Å²) in [5, 5.41) is 3.46. The van der Waals surface area contributed by atoms with Crippen LogP contribution >= 0.6 is 0 Å². The molecule has 0 bridgehead atoms. The highest BCUT2D eigenvalue weighted by atomic mass is 19.1. The van der Waals surface area contributed by atoms with Crippen LogP contribution in [-0.4, -0.2) is 0 Å². The van der Waals surface area contributed by atoms with Crippen molar-refractivity contribution in [3.63, 3.8) is 0 Å². The zero-order valence-corrected chi connectivity index (χ0v) is 12.8. The van der Waals surface area contributed by atoms with E-state index < -0.39 is 0 Å². The van der Waals surface area contributed by atoms with Gasteiger partial charge in [-0.05, 0) is 57.4 Å². The lowest BCUT2D eigenvalue weighted by molar-refractivity contribution is 0.489. The summed E-state index contributed by atoms with van der Waals surface area (Å²) in [5.74, 6) is 1.77. The molecule has 1 unspecified atom stereocenters. The molecule has 0 radical (unpaired) electrons. The van der Waals surface area contributed by atoms with E-state index in [2.05, 4.69) is 18.3 Å². The highest BCUT2D eigenvalue weighted by molar-refractivity contribution is 5.31. The third kappa shape index (κ3) is 3.10. The molecule has 1 N–H and O–H groups in total. The molecule has 0 aliphatic carbocycles. The molecule has 2 nitrogen and oxygen atoms in total. The normalized spacial score (nSPS) is 12.7. The summed E-state index contributed by atoms with van der Waals surface area (Å²) >= 11 is 0. The Morgan fingerprint density at radius 1 is 1.10 bits per heavy atom. The largest absolute Gasteiger partial charge is 0.466 e. The Morgan fingerprint density at radius 3 is 2.20 bits per heavy atom. The SMILES string of the molecule is Cc1cc(C(C)NCc2cc(C)c(F)c(C)c2)c(C)o1. The van der Waals surface area contributed by atoms with Gasteiger partial charge >= 0.3 is 0 Å². The lowest BCUT2D eigenvalue weighted by atomic mass is 10.1. The van der Waals surface area contributed by atoms with E-state index in [0.29, 0.717) is 17.7 Å². The summed E-state index contributed by atoms with van der Waals surface area (Å²) in [6.45, 7) is 10.4. The van der Waals surface area contributed by atoms with Gasteiger partial charge in [-0.1, -0.05) is 12.1 Å². The van der Waals surface area contributed by atoms with Gasteiger partial charge in [-0.2, -0.15) is 0 Å². The second-order valence-corrected chi connectivity index (χ2v) is 5.51. The first-order valence-corrected chi connectivity index (χ1v) is 6.94. The van der Waals surface area contributed by atoms with E-state index in [4.69, 9.17) is 4.42 Å². The van der Waals surface area contributed by atoms with Crippen molar-refractivity contribution in [1.82, 2.24) is 5.32 Å². The second kappa shape index (κ2) is 5.80. The number of benzene rings is 1. The molecule has 1 aromatic heterocycles. The minimum atomic E-state index is -0.108. The third-order valence-electron chi connectivity index (χ3n) is 3.65. The maximum atomic E-state index is 13.6. The van der Waals surface area contributed by atoms with Crippen molar-refractivity contribution in [2.45, 2.75) is 47.2 Å². The Kier molecular flexibility index (Phi) is 4.29. The predicted molar refractivity (Wildman–Crippen MR) is 79.3 cm³/mol. The van der Waals surface area contributed by atoms with Gasteiger partial charge in [0, 0.05) is 18.2 Å². The number of rotatable bonds is 4. The predicted octanol–water partition coefficient (Wildman–Crippen LogP) is 4.50. The van der Waals surface area contributed by atoms with E-state index in [1.165, 1.54) is 5.56 Å². The minimum Gasteiger partial charge on any atom is -0.466 e. The van der Waals surface area contributed by atoms with Crippen molar-refractivity contribution in [2.75, 3.05) is 0 Å². The third-order valence-corrected chi connectivity index (χ3v) is 3.65. The van der Waals surface area contributed by atoms with Crippen molar-refractivity contribution in [1.29, 1.82) is 0 Å². The van der Waals surface area contributed by atoms with E-state index >= 15 is 0 Å². The maximum Gasteiger partial charge on any atom is 0.129 e. The summed E-state index contributed by atoms with van der Waals surface area (Å²) in [7, 11) is 0. The second-order valence-electron chi connectivity index (χ2n) is 5.51. The van der Waals surface area contributed by atoms with Crippen LogP contribution in [-0.2, 0) is 6.54 Å². The molecule has 0 spiro atoms. The number of hydrogen-bond acceptors (Lipinski definition) is 2. The molecule has 0 saturated carbocycles. The van der Waals surface area contributed by atoms with Crippen molar-refractivity contribution in [3.8, 4) is 0 Å². The fourth-order valence-corrected chi connectivity index (χ4v) is 2.60. The van der Waals surface area contributed by atoms with Crippen LogP contribution in [0.4, 0.5) is 4.39 Å². The van der Waals surface area contributed by atoms with E-state index in [-0.39, 0.29) is 11.9 Å². The van der Waals surface area contributed by atoms with E-state index in [9.17, 15) is 4.39 Å². The molecule has 108 valence electrons. The molecule has 0 amide bonds. The fraction of sp³-hybridized carbons (Fsp3) is 0.412. The van der Waals surface area contributed by atoms with Crippen LogP contribution in [0.15, 0.2) is 22.6 Å². The van der Waals surface area contributed by atoms with E-state index in [0.717, 1.165) is 17.1 Å². The van der Waals surface area contributed by atoms with Gasteiger partial charge in [0.2, 0.25) is 0 Å². The lowest BCUT2D eigenvalue weighted by Crippen LogP contribution is -2.18. The summed E-state index contributed by atoms with van der Waals surface area (Å²) in [4.78, 5) is 0. The van der Waals surface area contributed by atoms with Crippen molar-refractivity contribution in [3.05, 3.63) is 57.8 Å². The average Bonchev–Trinajstić information content (AvgIpc) is 2.72. The van der Waals surface area contributed by atoms with E-state index in [1.807, 2.05) is 26.0 Å². The molecule has 0 saturated heterocycles. The van der Waals surface area contributed by atoms with Gasteiger partial charge in [-0.15, -0.1) is 0 Å². The van der Waals surface area contributed by atoms with Gasteiger partial charge in [-0.3, -0.25) is 0 Å². The Balaban J connectivity index is 2.07. The monoisotopic (exact) mass is 275 g/mol. The number of nitrogens with one attached hydrogen (secondary N) is 1. The molecule has 1 heterocycles. The van der Waals surface area contributed by atoms with Gasteiger partial charge in [-0.25, -0.2) is 4.39 Å². The standard InChI is InChI=1S/C17H22FNO/c1-10-6-15(7-11(2)17(10)18)9-19-13(4)16-8-12(3)20-14(16)5/h6-8,13,19H,9H2,1-5H3. The zero-order valence-electron chi connectivity index (χ0n) is 12.8. The van der Waals surface area contributed by atoms with Crippen LogP contribution in [0.5, 0.6) is 0 Å². The van der Waals surface area contributed by atoms with Gasteiger partial charge < -0.3 is 9.73 Å². The fourth-order valence-electron chi connectivity index (χ4n) is 2.60. The Morgan fingerprint density at radius 2 is 1.70 bits per heavy atom. The van der Waals surface area contributed by atoms with Gasteiger partial charge in [0.05, 0.1) is 0 Å². The van der Waals surface area contributed by atoms with Crippen molar-refractivity contribution < 1.29 is 8.81 Å². The Hall–Kier alpha value is -1.61. The molecule has 2 aromatic rings. The highest BCUT2D eigenvalue weighted by Crippen LogP contribution is 2.22. The maximum absolute atomic E-state index is 13.6. The minimum absolute atomic E-state index is 0.108. The van der Waals surface area contributed by atoms with Crippen LogP contribution in [0.3, 0.4) is 0 Å². The topological polar surface area (TPSA) is 25.2 Å². The first kappa shape index (κ1) is 14.8. The molecule has 1 atom stereocenters. The number of halogens is 1. The molecule has 2 rings (SSSR count). The quantitative estimate of drug-likeness (QED) is 0.888. The molecule has 1 aromatic carbocycles. The summed E-state index contributed by atoms with van der Waals surface area (Å²) in [6, 6.07) is 6.07. The number of furan rings is 1. The lowest BCUT2D eigenvalue weighted by Gasteiger charge is -2.14. The molecule has 3 heteroatoms. The Labute approximate surface area is 120 Å². The van der Waals surface area contributed by atoms with E-state index in [1.54, 1.807) is 13.8 Å². The van der Waals surface area contributed by atoms with Crippen molar-refractivity contribution in [2.24, 2.45) is 0 Å². The van der Waals surface area contributed by atoms with Gasteiger partial charge in [0.25, 0.3) is 0 Å². The van der Waals surface area contributed by atoms with Crippen LogP contribution in [0.1, 0.15) is 46.7 Å². The van der Waals surface area contributed by atoms with Crippen LogP contribution < -0.4 is 5.32 Å². The zero-order chi connectivity index (χ0) is 14.9.